The second-order valence-electron chi connectivity index (χ2n) is 6.71. The summed E-state index contributed by atoms with van der Waals surface area (Å²) in [5.74, 6) is -0.523. The van der Waals surface area contributed by atoms with Crippen LogP contribution < -0.4 is 14.7 Å². The SMILES string of the molecule is CCN(CC)c1ccc(N=C([O-])c2ccccc2NS(=O)(=O)c2ccc(Br)cc2)cc1. The maximum atomic E-state index is 12.8. The first-order valence-electron chi connectivity index (χ1n) is 9.82. The zero-order valence-corrected chi connectivity index (χ0v) is 19.7. The van der Waals surface area contributed by atoms with Crippen LogP contribution in [0.3, 0.4) is 0 Å². The van der Waals surface area contributed by atoms with Crippen molar-refractivity contribution in [2.24, 2.45) is 4.99 Å². The lowest BCUT2D eigenvalue weighted by Crippen LogP contribution is -2.22. The highest BCUT2D eigenvalue weighted by Crippen LogP contribution is 2.24. The molecular formula is C23H23BrN3O3S-. The number of anilines is 2. The fraction of sp³-hybridized carbons (Fsp3) is 0.174. The predicted octanol–water partition coefficient (Wildman–Crippen LogP) is 4.53. The number of sulfonamides is 1. The van der Waals surface area contributed by atoms with Crippen LogP contribution in [0, 0.1) is 0 Å². The molecule has 8 heteroatoms. The van der Waals surface area contributed by atoms with Gasteiger partial charge in [0.15, 0.2) is 0 Å². The van der Waals surface area contributed by atoms with Crippen molar-refractivity contribution in [1.29, 1.82) is 0 Å². The van der Waals surface area contributed by atoms with Crippen LogP contribution in [0.25, 0.3) is 0 Å². The smallest absolute Gasteiger partial charge is 0.261 e. The van der Waals surface area contributed by atoms with Gasteiger partial charge in [-0.15, -0.1) is 0 Å². The molecule has 0 saturated heterocycles. The summed E-state index contributed by atoms with van der Waals surface area (Å²) in [6.45, 7) is 5.94. The van der Waals surface area contributed by atoms with Crippen LogP contribution in [0.15, 0.2) is 87.2 Å². The topological polar surface area (TPSA) is 84.8 Å². The molecule has 0 fully saturated rings. The van der Waals surface area contributed by atoms with Crippen molar-refractivity contribution < 1.29 is 13.5 Å². The van der Waals surface area contributed by atoms with Gasteiger partial charge in [-0.05, 0) is 74.3 Å². The Labute approximate surface area is 191 Å². The minimum Gasteiger partial charge on any atom is -0.858 e. The Hall–Kier alpha value is -2.84. The van der Waals surface area contributed by atoms with Crippen molar-refractivity contribution in [3.05, 3.63) is 82.8 Å². The lowest BCUT2D eigenvalue weighted by Gasteiger charge is -2.21. The van der Waals surface area contributed by atoms with Gasteiger partial charge in [0.1, 0.15) is 0 Å². The van der Waals surface area contributed by atoms with E-state index in [-0.39, 0.29) is 16.1 Å². The van der Waals surface area contributed by atoms with E-state index in [1.807, 2.05) is 12.1 Å². The van der Waals surface area contributed by atoms with Crippen LogP contribution >= 0.6 is 15.9 Å². The third-order valence-corrected chi connectivity index (χ3v) is 6.64. The van der Waals surface area contributed by atoms with E-state index in [9.17, 15) is 13.5 Å². The molecule has 0 amide bonds. The van der Waals surface area contributed by atoms with E-state index in [4.69, 9.17) is 0 Å². The first kappa shape index (κ1) is 22.8. The summed E-state index contributed by atoms with van der Waals surface area (Å²) >= 11 is 3.29. The molecule has 0 aliphatic rings. The molecule has 0 heterocycles. The standard InChI is InChI=1S/C23H24BrN3O3S/c1-3-27(4-2)19-13-11-18(12-14-19)25-23(28)21-7-5-6-8-22(21)26-31(29,30)20-15-9-17(24)10-16-20/h5-16,26H,3-4H2,1-2H3,(H,25,28)/p-1. The van der Waals surface area contributed by atoms with Crippen molar-refractivity contribution in [3.8, 4) is 0 Å². The van der Waals surface area contributed by atoms with Gasteiger partial charge in [-0.1, -0.05) is 34.1 Å². The summed E-state index contributed by atoms with van der Waals surface area (Å²) in [7, 11) is -3.85. The van der Waals surface area contributed by atoms with Gasteiger partial charge in [0.05, 0.1) is 16.3 Å². The number of nitrogens with one attached hydrogen (secondary N) is 1. The molecule has 31 heavy (non-hydrogen) atoms. The normalized spacial score (nSPS) is 11.9. The van der Waals surface area contributed by atoms with Crippen molar-refractivity contribution in [1.82, 2.24) is 0 Å². The fourth-order valence-corrected chi connectivity index (χ4v) is 4.42. The Morgan fingerprint density at radius 3 is 2.19 bits per heavy atom. The number of rotatable bonds is 8. The Balaban J connectivity index is 1.88. The second kappa shape index (κ2) is 9.98. The number of aliphatic imine (C=N–C) groups is 1. The van der Waals surface area contributed by atoms with Crippen LogP contribution in [0.1, 0.15) is 19.4 Å². The van der Waals surface area contributed by atoms with Crippen LogP contribution in [0.2, 0.25) is 0 Å². The third kappa shape index (κ3) is 5.65. The molecule has 0 unspecified atom stereocenters. The Morgan fingerprint density at radius 2 is 1.58 bits per heavy atom. The molecule has 1 N–H and O–H groups in total. The zero-order valence-electron chi connectivity index (χ0n) is 17.2. The molecule has 3 aromatic rings. The summed E-state index contributed by atoms with van der Waals surface area (Å²) in [5.41, 5.74) is 1.92. The van der Waals surface area contributed by atoms with E-state index < -0.39 is 15.9 Å². The van der Waals surface area contributed by atoms with Crippen LogP contribution in [-0.2, 0) is 10.0 Å². The van der Waals surface area contributed by atoms with Crippen molar-refractivity contribution >= 4 is 48.9 Å². The first-order valence-corrected chi connectivity index (χ1v) is 12.1. The zero-order chi connectivity index (χ0) is 22.4. The highest BCUT2D eigenvalue weighted by Gasteiger charge is 2.16. The van der Waals surface area contributed by atoms with Crippen molar-refractivity contribution in [2.45, 2.75) is 18.7 Å². The van der Waals surface area contributed by atoms with Crippen LogP contribution in [0.5, 0.6) is 0 Å². The van der Waals surface area contributed by atoms with Gasteiger partial charge in [-0.2, -0.15) is 0 Å². The average Bonchev–Trinajstić information content (AvgIpc) is 2.76. The molecule has 162 valence electrons. The minimum absolute atomic E-state index is 0.0990. The van der Waals surface area contributed by atoms with Gasteiger partial charge in [-0.3, -0.25) is 9.71 Å². The summed E-state index contributed by atoms with van der Waals surface area (Å²) in [6.07, 6.45) is 0. The van der Waals surface area contributed by atoms with E-state index in [0.717, 1.165) is 23.2 Å². The molecule has 0 bridgehead atoms. The average molecular weight is 501 g/mol. The molecule has 3 rings (SSSR count). The molecule has 6 nitrogen and oxygen atoms in total. The number of hydrogen-bond acceptors (Lipinski definition) is 5. The first-order chi connectivity index (χ1) is 14.8. The Kier molecular flexibility index (Phi) is 7.35. The summed E-state index contributed by atoms with van der Waals surface area (Å²) in [6, 6.07) is 20.1. The number of halogens is 1. The highest BCUT2D eigenvalue weighted by molar-refractivity contribution is 9.10. The van der Waals surface area contributed by atoms with Gasteiger partial charge in [-0.25, -0.2) is 8.42 Å². The van der Waals surface area contributed by atoms with Gasteiger partial charge >= 0.3 is 0 Å². The second-order valence-corrected chi connectivity index (χ2v) is 9.31. The monoisotopic (exact) mass is 500 g/mol. The molecule has 0 atom stereocenters. The lowest BCUT2D eigenvalue weighted by atomic mass is 10.2. The van der Waals surface area contributed by atoms with E-state index in [0.29, 0.717) is 5.69 Å². The summed E-state index contributed by atoms with van der Waals surface area (Å²) < 4.78 is 28.7. The summed E-state index contributed by atoms with van der Waals surface area (Å²) in [5, 5.41) is 12.8. The van der Waals surface area contributed by atoms with Gasteiger partial charge in [0.25, 0.3) is 10.0 Å². The van der Waals surface area contributed by atoms with Crippen molar-refractivity contribution in [2.75, 3.05) is 22.7 Å². The molecule has 0 aromatic heterocycles. The molecule has 3 aromatic carbocycles. The van der Waals surface area contributed by atoms with Crippen LogP contribution in [-0.4, -0.2) is 27.4 Å². The Morgan fingerprint density at radius 1 is 0.968 bits per heavy atom. The summed E-state index contributed by atoms with van der Waals surface area (Å²) in [4.78, 5) is 6.45. The molecule has 0 spiro atoms. The molecular weight excluding hydrogens is 478 g/mol. The van der Waals surface area contributed by atoms with Gasteiger partial charge in [0, 0.05) is 28.8 Å². The molecule has 0 aliphatic heterocycles. The molecule has 0 saturated carbocycles. The molecule has 0 aliphatic carbocycles. The van der Waals surface area contributed by atoms with Gasteiger partial charge < -0.3 is 10.0 Å². The maximum absolute atomic E-state index is 12.8. The largest absolute Gasteiger partial charge is 0.858 e. The van der Waals surface area contributed by atoms with E-state index in [1.54, 1.807) is 48.5 Å². The maximum Gasteiger partial charge on any atom is 0.261 e. The highest BCUT2D eigenvalue weighted by atomic mass is 79.9. The van der Waals surface area contributed by atoms with E-state index in [1.165, 1.54) is 12.1 Å². The number of hydrogen-bond donors (Lipinski definition) is 1. The van der Waals surface area contributed by atoms with E-state index in [2.05, 4.69) is 44.4 Å². The lowest BCUT2D eigenvalue weighted by molar-refractivity contribution is -0.212. The fourth-order valence-electron chi connectivity index (χ4n) is 3.08. The minimum atomic E-state index is -3.85. The van der Waals surface area contributed by atoms with Crippen molar-refractivity contribution in [3.63, 3.8) is 0 Å². The van der Waals surface area contributed by atoms with Gasteiger partial charge in [0.2, 0.25) is 0 Å². The number of nitrogens with zero attached hydrogens (tertiary/aromatic N) is 2. The molecule has 0 radical (unpaired) electrons. The quantitative estimate of drug-likeness (QED) is 0.363. The van der Waals surface area contributed by atoms with E-state index >= 15 is 0 Å². The third-order valence-electron chi connectivity index (χ3n) is 4.73. The number of para-hydroxylation sites is 1. The van der Waals surface area contributed by atoms with Crippen LogP contribution in [0.4, 0.5) is 17.1 Å². The number of benzene rings is 3. The Bertz CT molecular complexity index is 1160. The predicted molar refractivity (Wildman–Crippen MR) is 128 cm³/mol.